The number of alkyl halides is 3. The molecule has 0 N–H and O–H groups in total. The minimum absolute atomic E-state index is 0.0315. The Labute approximate surface area is 167 Å². The molecule has 0 saturated carbocycles. The number of benzene rings is 2. The maximum atomic E-state index is 13.9. The first-order valence-corrected chi connectivity index (χ1v) is 8.73. The van der Waals surface area contributed by atoms with Gasteiger partial charge in [-0.05, 0) is 42.0 Å². The van der Waals surface area contributed by atoms with E-state index in [1.54, 1.807) is 24.3 Å². The summed E-state index contributed by atoms with van der Waals surface area (Å²) in [4.78, 5) is 31.0. The molecular weight excluding hydrogens is 406 g/mol. The highest BCUT2D eigenvalue weighted by Gasteiger charge is 2.37. The largest absolute Gasteiger partial charge is 0.573 e. The van der Waals surface area contributed by atoms with Gasteiger partial charge < -0.3 is 9.64 Å². The van der Waals surface area contributed by atoms with Crippen LogP contribution in [0, 0.1) is 5.95 Å². The summed E-state index contributed by atoms with van der Waals surface area (Å²) in [6.07, 6.45) is -4.85. The van der Waals surface area contributed by atoms with E-state index in [1.807, 2.05) is 0 Å². The van der Waals surface area contributed by atoms with E-state index >= 15 is 0 Å². The van der Waals surface area contributed by atoms with Crippen molar-refractivity contribution >= 4 is 28.5 Å². The van der Waals surface area contributed by atoms with Gasteiger partial charge >= 0.3 is 12.4 Å². The van der Waals surface area contributed by atoms with Gasteiger partial charge in [0.15, 0.2) is 0 Å². The van der Waals surface area contributed by atoms with E-state index in [9.17, 15) is 27.2 Å². The maximum absolute atomic E-state index is 13.9. The monoisotopic (exact) mass is 419 g/mol. The quantitative estimate of drug-likeness (QED) is 0.361. The van der Waals surface area contributed by atoms with Gasteiger partial charge in [0.2, 0.25) is 5.95 Å². The molecule has 0 spiro atoms. The molecule has 154 valence electrons. The van der Waals surface area contributed by atoms with Crippen LogP contribution in [0.3, 0.4) is 0 Å². The van der Waals surface area contributed by atoms with Crippen molar-refractivity contribution < 1.29 is 31.9 Å². The Kier molecular flexibility index (Phi) is 4.76. The molecule has 3 aromatic rings. The Morgan fingerprint density at radius 1 is 1.03 bits per heavy atom. The summed E-state index contributed by atoms with van der Waals surface area (Å²) in [7, 11) is 0. The molecule has 0 atom stereocenters. The van der Waals surface area contributed by atoms with Gasteiger partial charge in [-0.2, -0.15) is 4.39 Å². The molecule has 2 heterocycles. The van der Waals surface area contributed by atoms with Crippen LogP contribution in [0.15, 0.2) is 54.6 Å². The van der Waals surface area contributed by atoms with Crippen LogP contribution in [-0.4, -0.2) is 34.7 Å². The predicted octanol–water partition coefficient (Wildman–Crippen LogP) is 4.24. The number of aromatic nitrogens is 1. The third kappa shape index (κ3) is 3.88. The number of ether oxygens (including phenoxy) is 1. The molecule has 1 saturated heterocycles. The van der Waals surface area contributed by atoms with Crippen molar-refractivity contribution in [2.45, 2.75) is 12.9 Å². The summed E-state index contributed by atoms with van der Waals surface area (Å²) in [6, 6.07) is 11.7. The Morgan fingerprint density at radius 2 is 1.73 bits per heavy atom. The molecule has 6 nitrogen and oxygen atoms in total. The maximum Gasteiger partial charge on any atom is 0.573 e. The number of nitrogens with zero attached hydrogens (tertiary/aromatic N) is 3. The van der Waals surface area contributed by atoms with E-state index in [2.05, 4.69) is 9.72 Å². The van der Waals surface area contributed by atoms with Crippen molar-refractivity contribution in [2.75, 3.05) is 11.4 Å². The molecule has 0 aliphatic carbocycles. The van der Waals surface area contributed by atoms with Crippen molar-refractivity contribution in [1.82, 2.24) is 9.88 Å². The van der Waals surface area contributed by atoms with Crippen LogP contribution in [0.1, 0.15) is 5.56 Å². The molecule has 2 aromatic carbocycles. The SMILES string of the molecule is O=C1CN(Cc2cc(F)nc3ccccc23)C(=O)N1c1ccc(OC(F)(F)F)cc1. The van der Waals surface area contributed by atoms with Crippen LogP contribution in [-0.2, 0) is 11.3 Å². The average molecular weight is 419 g/mol. The van der Waals surface area contributed by atoms with E-state index in [4.69, 9.17) is 0 Å². The predicted molar refractivity (Wildman–Crippen MR) is 98.1 cm³/mol. The highest BCUT2D eigenvalue weighted by atomic mass is 19.4. The van der Waals surface area contributed by atoms with Crippen molar-refractivity contribution in [1.29, 1.82) is 0 Å². The number of carbonyl (C=O) groups excluding carboxylic acids is 2. The van der Waals surface area contributed by atoms with E-state index < -0.39 is 30.0 Å². The summed E-state index contributed by atoms with van der Waals surface area (Å²) in [5.74, 6) is -1.73. The Hall–Kier alpha value is -3.69. The molecule has 1 aromatic heterocycles. The molecule has 1 fully saturated rings. The lowest BCUT2D eigenvalue weighted by molar-refractivity contribution is -0.274. The van der Waals surface area contributed by atoms with Crippen LogP contribution in [0.25, 0.3) is 10.9 Å². The molecule has 0 unspecified atom stereocenters. The first kappa shape index (κ1) is 19.6. The third-order valence-corrected chi connectivity index (χ3v) is 4.50. The van der Waals surface area contributed by atoms with Crippen molar-refractivity contribution in [3.8, 4) is 5.75 Å². The molecule has 0 radical (unpaired) electrons. The van der Waals surface area contributed by atoms with Crippen LogP contribution < -0.4 is 9.64 Å². The number of fused-ring (bicyclic) bond motifs is 1. The number of pyridine rings is 1. The topological polar surface area (TPSA) is 62.7 Å². The molecule has 1 aliphatic heterocycles. The van der Waals surface area contributed by atoms with Gasteiger partial charge in [0, 0.05) is 11.9 Å². The zero-order chi connectivity index (χ0) is 21.5. The molecular formula is C20H13F4N3O3. The molecule has 0 bridgehead atoms. The van der Waals surface area contributed by atoms with Crippen LogP contribution in [0.5, 0.6) is 5.75 Å². The van der Waals surface area contributed by atoms with Gasteiger partial charge in [0.1, 0.15) is 12.3 Å². The number of carbonyl (C=O) groups is 2. The standard InChI is InChI=1S/C20H13F4N3O3/c21-17-9-12(15-3-1-2-4-16(15)25-17)10-26-11-18(28)27(19(26)29)13-5-7-14(8-6-13)30-20(22,23)24/h1-9H,10-11H2. The highest BCUT2D eigenvalue weighted by Crippen LogP contribution is 2.28. The molecule has 1 aliphatic rings. The Bertz CT molecular complexity index is 1130. The minimum Gasteiger partial charge on any atom is -0.406 e. The first-order valence-electron chi connectivity index (χ1n) is 8.73. The second kappa shape index (κ2) is 7.29. The van der Waals surface area contributed by atoms with Crippen molar-refractivity contribution in [3.63, 3.8) is 0 Å². The summed E-state index contributed by atoms with van der Waals surface area (Å²) in [5, 5.41) is 0.645. The zero-order valence-electron chi connectivity index (χ0n) is 15.2. The minimum atomic E-state index is -4.85. The van der Waals surface area contributed by atoms with Gasteiger partial charge in [-0.1, -0.05) is 18.2 Å². The zero-order valence-corrected chi connectivity index (χ0v) is 15.2. The van der Waals surface area contributed by atoms with E-state index in [0.717, 1.165) is 17.0 Å². The van der Waals surface area contributed by atoms with Crippen molar-refractivity contribution in [2.24, 2.45) is 0 Å². The summed E-state index contributed by atoms with van der Waals surface area (Å²) < 4.78 is 54.5. The summed E-state index contributed by atoms with van der Waals surface area (Å²) in [5.41, 5.74) is 1.00. The average Bonchev–Trinajstić information content (AvgIpc) is 2.94. The Balaban J connectivity index is 1.57. The first-order chi connectivity index (χ1) is 14.2. The normalized spacial score (nSPS) is 14.7. The number of hydrogen-bond donors (Lipinski definition) is 0. The number of para-hydroxylation sites is 1. The lowest BCUT2D eigenvalue weighted by Gasteiger charge is -2.18. The van der Waals surface area contributed by atoms with Crippen LogP contribution in [0.4, 0.5) is 28.0 Å². The van der Waals surface area contributed by atoms with Crippen molar-refractivity contribution in [3.05, 3.63) is 66.1 Å². The smallest absolute Gasteiger partial charge is 0.406 e. The van der Waals surface area contributed by atoms with Crippen LogP contribution >= 0.6 is 0 Å². The molecule has 3 amide bonds. The lowest BCUT2D eigenvalue weighted by Crippen LogP contribution is -2.32. The Morgan fingerprint density at radius 3 is 2.43 bits per heavy atom. The van der Waals surface area contributed by atoms with Crippen LogP contribution in [0.2, 0.25) is 0 Å². The van der Waals surface area contributed by atoms with Gasteiger partial charge in [-0.25, -0.2) is 14.7 Å². The highest BCUT2D eigenvalue weighted by molar-refractivity contribution is 6.19. The second-order valence-corrected chi connectivity index (χ2v) is 6.53. The number of urea groups is 1. The number of imide groups is 1. The summed E-state index contributed by atoms with van der Waals surface area (Å²) >= 11 is 0. The number of anilines is 1. The lowest BCUT2D eigenvalue weighted by atomic mass is 10.1. The fraction of sp³-hybridized carbons (Fsp3) is 0.150. The second-order valence-electron chi connectivity index (χ2n) is 6.53. The molecule has 30 heavy (non-hydrogen) atoms. The van der Waals surface area contributed by atoms with Gasteiger partial charge in [0.05, 0.1) is 11.2 Å². The fourth-order valence-corrected chi connectivity index (χ4v) is 3.27. The number of hydrogen-bond acceptors (Lipinski definition) is 4. The van der Waals surface area contributed by atoms with E-state index in [1.165, 1.54) is 23.1 Å². The molecule has 10 heteroatoms. The molecule has 4 rings (SSSR count). The number of rotatable bonds is 4. The van der Waals surface area contributed by atoms with Gasteiger partial charge in [0.25, 0.3) is 5.91 Å². The summed E-state index contributed by atoms with van der Waals surface area (Å²) in [6.45, 7) is -0.284. The van der Waals surface area contributed by atoms with Gasteiger partial charge in [-0.3, -0.25) is 4.79 Å². The fourth-order valence-electron chi connectivity index (χ4n) is 3.27. The number of halogens is 4. The third-order valence-electron chi connectivity index (χ3n) is 4.50. The number of amides is 3. The van der Waals surface area contributed by atoms with E-state index in [-0.39, 0.29) is 18.8 Å². The van der Waals surface area contributed by atoms with E-state index in [0.29, 0.717) is 16.5 Å². The van der Waals surface area contributed by atoms with Gasteiger partial charge in [-0.15, -0.1) is 13.2 Å².